The third-order valence-electron chi connectivity index (χ3n) is 4.90. The van der Waals surface area contributed by atoms with E-state index in [-0.39, 0.29) is 35.6 Å². The lowest BCUT2D eigenvalue weighted by Gasteiger charge is -2.42. The van der Waals surface area contributed by atoms with Crippen LogP contribution in [0.2, 0.25) is 0 Å². The molecule has 0 N–H and O–H groups in total. The van der Waals surface area contributed by atoms with E-state index in [1.165, 1.54) is 4.90 Å². The van der Waals surface area contributed by atoms with Crippen molar-refractivity contribution in [2.24, 2.45) is 11.8 Å². The lowest BCUT2D eigenvalue weighted by Crippen LogP contribution is -2.62. The molecule has 4 rings (SSSR count). The molecular weight excluding hydrogens is 316 g/mol. The van der Waals surface area contributed by atoms with Gasteiger partial charge in [0, 0.05) is 13.1 Å². The van der Waals surface area contributed by atoms with Crippen molar-refractivity contribution >= 4 is 29.3 Å². The van der Waals surface area contributed by atoms with Gasteiger partial charge in [-0.25, -0.2) is 0 Å². The van der Waals surface area contributed by atoms with Crippen LogP contribution in [0.5, 0.6) is 0 Å². The predicted octanol–water partition coefficient (Wildman–Crippen LogP) is 0.622. The standard InChI is InChI=1S/C15H16N4O3S/c1-8-12(23-17-16-8)15(22)18-6-9(7-18)19-13(20)10-4-2-3-5-11(10)14(19)21/h2-3,9-11H,4-7H2,1H3/t10-,11-/m0/s1. The number of hydrogen-bond donors (Lipinski definition) is 0. The number of rotatable bonds is 2. The molecule has 120 valence electrons. The van der Waals surface area contributed by atoms with E-state index in [0.717, 1.165) is 11.5 Å². The van der Waals surface area contributed by atoms with E-state index in [1.807, 2.05) is 12.2 Å². The van der Waals surface area contributed by atoms with E-state index in [1.54, 1.807) is 11.8 Å². The van der Waals surface area contributed by atoms with Gasteiger partial charge in [-0.05, 0) is 31.3 Å². The number of allylic oxidation sites excluding steroid dienone is 2. The first-order valence-electron chi connectivity index (χ1n) is 7.68. The fraction of sp³-hybridized carbons (Fsp3) is 0.533. The zero-order valence-electron chi connectivity index (χ0n) is 12.6. The van der Waals surface area contributed by atoms with Crippen LogP contribution in [-0.2, 0) is 9.59 Å². The Labute approximate surface area is 137 Å². The molecule has 2 fully saturated rings. The van der Waals surface area contributed by atoms with E-state index in [9.17, 15) is 14.4 Å². The molecule has 1 aromatic rings. The van der Waals surface area contributed by atoms with Gasteiger partial charge in [0.1, 0.15) is 4.88 Å². The monoisotopic (exact) mass is 332 g/mol. The van der Waals surface area contributed by atoms with Crippen LogP contribution >= 0.6 is 11.5 Å². The predicted molar refractivity (Wildman–Crippen MR) is 81.5 cm³/mol. The van der Waals surface area contributed by atoms with Crippen molar-refractivity contribution < 1.29 is 14.4 Å². The summed E-state index contributed by atoms with van der Waals surface area (Å²) < 4.78 is 3.77. The molecule has 23 heavy (non-hydrogen) atoms. The van der Waals surface area contributed by atoms with Crippen molar-refractivity contribution in [2.75, 3.05) is 13.1 Å². The van der Waals surface area contributed by atoms with Gasteiger partial charge in [-0.15, -0.1) is 5.10 Å². The molecular formula is C15H16N4O3S. The van der Waals surface area contributed by atoms with Gasteiger partial charge in [0.2, 0.25) is 11.8 Å². The van der Waals surface area contributed by atoms with Crippen molar-refractivity contribution in [3.05, 3.63) is 22.7 Å². The Morgan fingerprint density at radius 3 is 2.30 bits per heavy atom. The fourth-order valence-corrected chi connectivity index (χ4v) is 4.17. The van der Waals surface area contributed by atoms with E-state index in [2.05, 4.69) is 9.59 Å². The molecule has 0 radical (unpaired) electrons. The molecule has 2 atom stereocenters. The highest BCUT2D eigenvalue weighted by Gasteiger charge is 2.52. The average Bonchev–Trinajstić information content (AvgIpc) is 3.03. The maximum absolute atomic E-state index is 12.5. The van der Waals surface area contributed by atoms with E-state index >= 15 is 0 Å². The molecule has 0 unspecified atom stereocenters. The van der Waals surface area contributed by atoms with Gasteiger partial charge in [-0.1, -0.05) is 16.6 Å². The maximum atomic E-state index is 12.5. The highest BCUT2D eigenvalue weighted by molar-refractivity contribution is 7.07. The Hall–Kier alpha value is -2.09. The molecule has 3 aliphatic rings. The molecule has 2 aliphatic heterocycles. The van der Waals surface area contributed by atoms with Crippen LogP contribution in [-0.4, -0.2) is 56.2 Å². The van der Waals surface area contributed by atoms with Crippen LogP contribution in [0.3, 0.4) is 0 Å². The number of carbonyl (C=O) groups is 3. The van der Waals surface area contributed by atoms with Crippen LogP contribution in [0, 0.1) is 18.8 Å². The summed E-state index contributed by atoms with van der Waals surface area (Å²) in [6.45, 7) is 2.56. The minimum atomic E-state index is -0.204. The summed E-state index contributed by atoms with van der Waals surface area (Å²) in [7, 11) is 0. The summed E-state index contributed by atoms with van der Waals surface area (Å²) in [6.07, 6.45) is 5.25. The number of likely N-dealkylation sites (tertiary alicyclic amines) is 2. The number of aromatic nitrogens is 2. The van der Waals surface area contributed by atoms with Gasteiger partial charge in [0.25, 0.3) is 5.91 Å². The van der Waals surface area contributed by atoms with Gasteiger partial charge in [-0.3, -0.25) is 19.3 Å². The zero-order valence-corrected chi connectivity index (χ0v) is 13.5. The Kier molecular flexibility index (Phi) is 3.29. The lowest BCUT2D eigenvalue weighted by molar-refractivity contribution is -0.145. The molecule has 3 heterocycles. The first-order chi connectivity index (χ1) is 11.1. The normalized spacial score (nSPS) is 27.3. The molecule has 0 spiro atoms. The number of hydrogen-bond acceptors (Lipinski definition) is 6. The van der Waals surface area contributed by atoms with Crippen LogP contribution in [0.1, 0.15) is 28.2 Å². The average molecular weight is 332 g/mol. The summed E-state index contributed by atoms with van der Waals surface area (Å²) in [5.74, 6) is -0.670. The van der Waals surface area contributed by atoms with Crippen molar-refractivity contribution in [3.63, 3.8) is 0 Å². The van der Waals surface area contributed by atoms with E-state index in [4.69, 9.17) is 0 Å². The van der Waals surface area contributed by atoms with E-state index in [0.29, 0.717) is 36.5 Å². The Morgan fingerprint density at radius 2 is 1.78 bits per heavy atom. The summed E-state index contributed by atoms with van der Waals surface area (Å²) >= 11 is 1.08. The fourth-order valence-electron chi connectivity index (χ4n) is 3.54. The minimum Gasteiger partial charge on any atom is -0.334 e. The first-order valence-corrected chi connectivity index (χ1v) is 8.45. The molecule has 0 saturated carbocycles. The van der Waals surface area contributed by atoms with Crippen molar-refractivity contribution in [1.82, 2.24) is 19.4 Å². The lowest BCUT2D eigenvalue weighted by atomic mass is 9.85. The zero-order chi connectivity index (χ0) is 16.1. The molecule has 0 aromatic carbocycles. The SMILES string of the molecule is Cc1nnsc1C(=O)N1CC(N2C(=O)[C@H]3CC=CC[C@@H]3C2=O)C1. The Bertz CT molecular complexity index is 696. The van der Waals surface area contributed by atoms with Crippen LogP contribution < -0.4 is 0 Å². The van der Waals surface area contributed by atoms with Gasteiger partial charge in [-0.2, -0.15) is 0 Å². The van der Waals surface area contributed by atoms with Crippen LogP contribution in [0.15, 0.2) is 12.2 Å². The largest absolute Gasteiger partial charge is 0.334 e. The quantitative estimate of drug-likeness (QED) is 0.586. The highest BCUT2D eigenvalue weighted by atomic mass is 32.1. The van der Waals surface area contributed by atoms with Crippen LogP contribution in [0.25, 0.3) is 0 Å². The molecule has 3 amide bonds. The molecule has 2 saturated heterocycles. The highest BCUT2D eigenvalue weighted by Crippen LogP contribution is 2.37. The summed E-state index contributed by atoms with van der Waals surface area (Å²) in [6, 6.07) is -0.189. The van der Waals surface area contributed by atoms with Gasteiger partial charge in [0.05, 0.1) is 23.6 Å². The second-order valence-electron chi connectivity index (χ2n) is 6.25. The second-order valence-corrected chi connectivity index (χ2v) is 7.01. The molecule has 8 heteroatoms. The number of fused-ring (bicyclic) bond motifs is 1. The number of amides is 3. The summed E-state index contributed by atoms with van der Waals surface area (Å²) in [4.78, 5) is 40.9. The Balaban J connectivity index is 1.44. The summed E-state index contributed by atoms with van der Waals surface area (Å²) in [5.41, 5.74) is 0.619. The van der Waals surface area contributed by atoms with Crippen molar-refractivity contribution in [2.45, 2.75) is 25.8 Å². The first kappa shape index (κ1) is 14.5. The Morgan fingerprint density at radius 1 is 1.17 bits per heavy atom. The van der Waals surface area contributed by atoms with Crippen molar-refractivity contribution in [3.8, 4) is 0 Å². The summed E-state index contributed by atoms with van der Waals surface area (Å²) in [5, 5.41) is 3.84. The molecule has 7 nitrogen and oxygen atoms in total. The van der Waals surface area contributed by atoms with E-state index < -0.39 is 0 Å². The van der Waals surface area contributed by atoms with Gasteiger partial charge >= 0.3 is 0 Å². The molecule has 1 aromatic heterocycles. The molecule has 0 bridgehead atoms. The second kappa shape index (κ2) is 5.23. The smallest absolute Gasteiger partial charge is 0.267 e. The number of aryl methyl sites for hydroxylation is 1. The van der Waals surface area contributed by atoms with Gasteiger partial charge in [0.15, 0.2) is 0 Å². The molecule has 1 aliphatic carbocycles. The van der Waals surface area contributed by atoms with Gasteiger partial charge < -0.3 is 4.90 Å². The third kappa shape index (κ3) is 2.12. The number of imide groups is 1. The maximum Gasteiger partial charge on any atom is 0.267 e. The number of carbonyl (C=O) groups excluding carboxylic acids is 3. The third-order valence-corrected chi connectivity index (χ3v) is 5.72. The number of nitrogens with zero attached hydrogens (tertiary/aromatic N) is 4. The van der Waals surface area contributed by atoms with Crippen molar-refractivity contribution in [1.29, 1.82) is 0 Å². The topological polar surface area (TPSA) is 83.5 Å². The van der Waals surface area contributed by atoms with Crippen LogP contribution in [0.4, 0.5) is 0 Å². The minimum absolute atomic E-state index is 0.0721.